The summed E-state index contributed by atoms with van der Waals surface area (Å²) >= 11 is 0. The molecule has 5 heteroatoms. The van der Waals surface area contributed by atoms with Gasteiger partial charge >= 0.3 is 0 Å². The molecule has 2 rings (SSSR count). The first-order valence-corrected chi connectivity index (χ1v) is 10.6. The van der Waals surface area contributed by atoms with Crippen molar-refractivity contribution in [2.24, 2.45) is 5.73 Å². The number of nitriles is 1. The Bertz CT molecular complexity index is 893. The fraction of sp³-hybridized carbons (Fsp3) is 0.423. The number of amides is 1. The van der Waals surface area contributed by atoms with Crippen LogP contribution in [0.2, 0.25) is 0 Å². The van der Waals surface area contributed by atoms with Gasteiger partial charge in [-0.3, -0.25) is 9.59 Å². The van der Waals surface area contributed by atoms with Gasteiger partial charge in [-0.15, -0.1) is 0 Å². The smallest absolute Gasteiger partial charge is 0.267 e. The highest BCUT2D eigenvalue weighted by Crippen LogP contribution is 2.24. The molecule has 2 aromatic rings. The van der Waals surface area contributed by atoms with Gasteiger partial charge in [0.25, 0.3) is 5.91 Å². The van der Waals surface area contributed by atoms with E-state index < -0.39 is 0 Å². The molecular formula is C26H37N3O2. The average Bonchev–Trinajstić information content (AvgIpc) is 2.70. The molecule has 5 nitrogen and oxygen atoms in total. The predicted molar refractivity (Wildman–Crippen MR) is 128 cm³/mol. The molecule has 0 saturated heterocycles. The van der Waals surface area contributed by atoms with E-state index in [0.717, 1.165) is 22.3 Å². The summed E-state index contributed by atoms with van der Waals surface area (Å²) in [5.74, 6) is -0.227. The van der Waals surface area contributed by atoms with Crippen molar-refractivity contribution in [2.45, 2.75) is 67.9 Å². The molecule has 1 atom stereocenters. The van der Waals surface area contributed by atoms with Crippen LogP contribution in [0.4, 0.5) is 0 Å². The Balaban J connectivity index is 0.000000968. The largest absolute Gasteiger partial charge is 0.324 e. The highest BCUT2D eigenvalue weighted by atomic mass is 16.2. The summed E-state index contributed by atoms with van der Waals surface area (Å²) in [5.41, 5.74) is 10.7. The molecule has 1 unspecified atom stereocenters. The van der Waals surface area contributed by atoms with Gasteiger partial charge in [0.15, 0.2) is 6.19 Å². The van der Waals surface area contributed by atoms with Crippen molar-refractivity contribution in [3.05, 3.63) is 69.8 Å². The van der Waals surface area contributed by atoms with E-state index in [1.54, 1.807) is 0 Å². The predicted octanol–water partition coefficient (Wildman–Crippen LogP) is 5.56. The third-order valence-corrected chi connectivity index (χ3v) is 4.48. The Morgan fingerprint density at radius 3 is 1.87 bits per heavy atom. The van der Waals surface area contributed by atoms with E-state index in [1.807, 2.05) is 71.0 Å². The fourth-order valence-corrected chi connectivity index (χ4v) is 2.72. The third-order valence-electron chi connectivity index (χ3n) is 4.48. The molecule has 0 aliphatic rings. The number of nitrogens with zero attached hydrogens (tertiary/aromatic N) is 2. The molecule has 2 N–H and O–H groups in total. The normalized spacial score (nSPS) is 10.5. The maximum atomic E-state index is 12.8. The number of ketones is 1. The second-order valence-electron chi connectivity index (χ2n) is 7.78. The van der Waals surface area contributed by atoms with Gasteiger partial charge in [-0.1, -0.05) is 55.7 Å². The van der Waals surface area contributed by atoms with Crippen molar-refractivity contribution in [3.63, 3.8) is 0 Å². The second-order valence-corrected chi connectivity index (χ2v) is 7.78. The molecule has 0 spiro atoms. The zero-order valence-electron chi connectivity index (χ0n) is 20.2. The number of nitrogens with two attached hydrogens (primary N) is 1. The van der Waals surface area contributed by atoms with Crippen molar-refractivity contribution < 1.29 is 9.59 Å². The number of carbonyl (C=O) groups is 2. The summed E-state index contributed by atoms with van der Waals surface area (Å²) in [4.78, 5) is 23.7. The van der Waals surface area contributed by atoms with Crippen molar-refractivity contribution in [2.75, 3.05) is 6.54 Å². The minimum atomic E-state index is -0.299. The van der Waals surface area contributed by atoms with Crippen LogP contribution in [-0.2, 0) is 4.79 Å². The van der Waals surface area contributed by atoms with Crippen LogP contribution in [0.3, 0.4) is 0 Å². The van der Waals surface area contributed by atoms with E-state index in [1.165, 1.54) is 23.8 Å². The standard InChI is InChI=1S/C20H22N2O.C3H7NO.C3H8/c1-13-8-14(2)10-19(9-13)20(23)22(12-21)17(5)18-7-6-15(3)16(4)11-18;1-3(5)2-4;1-3-2/h6-11,17H,1-5H3;2,4H2,1H3;3H2,1-2H3. The Hall–Kier alpha value is -2.97. The van der Waals surface area contributed by atoms with Gasteiger partial charge in [0.2, 0.25) is 0 Å². The van der Waals surface area contributed by atoms with E-state index >= 15 is 0 Å². The fourth-order valence-electron chi connectivity index (χ4n) is 2.72. The Labute approximate surface area is 187 Å². The first-order chi connectivity index (χ1) is 14.5. The molecule has 0 fully saturated rings. The minimum absolute atomic E-state index is 0.0324. The molecule has 0 radical (unpaired) electrons. The van der Waals surface area contributed by atoms with E-state index in [4.69, 9.17) is 5.73 Å². The summed E-state index contributed by atoms with van der Waals surface area (Å²) < 4.78 is 0. The van der Waals surface area contributed by atoms with Crippen LogP contribution in [0.1, 0.15) is 78.3 Å². The molecule has 31 heavy (non-hydrogen) atoms. The summed E-state index contributed by atoms with van der Waals surface area (Å²) in [6.07, 6.45) is 3.31. The highest BCUT2D eigenvalue weighted by Gasteiger charge is 2.23. The molecule has 0 aromatic heterocycles. The first-order valence-electron chi connectivity index (χ1n) is 10.6. The molecule has 0 aliphatic heterocycles. The van der Waals surface area contributed by atoms with Crippen LogP contribution in [0.15, 0.2) is 36.4 Å². The molecule has 0 aliphatic carbocycles. The number of hydrogen-bond acceptors (Lipinski definition) is 4. The lowest BCUT2D eigenvalue weighted by molar-refractivity contribution is -0.115. The van der Waals surface area contributed by atoms with Crippen molar-refractivity contribution >= 4 is 11.7 Å². The lowest BCUT2D eigenvalue weighted by Gasteiger charge is -2.23. The van der Waals surface area contributed by atoms with Crippen LogP contribution in [0.5, 0.6) is 0 Å². The Kier molecular flexibility index (Phi) is 12.8. The lowest BCUT2D eigenvalue weighted by Crippen LogP contribution is -2.29. The summed E-state index contributed by atoms with van der Waals surface area (Å²) in [6, 6.07) is 11.4. The van der Waals surface area contributed by atoms with Crippen LogP contribution in [-0.4, -0.2) is 23.1 Å². The lowest BCUT2D eigenvalue weighted by atomic mass is 10.00. The maximum Gasteiger partial charge on any atom is 0.267 e. The van der Waals surface area contributed by atoms with Crippen molar-refractivity contribution in [1.82, 2.24) is 4.90 Å². The number of rotatable bonds is 4. The van der Waals surface area contributed by atoms with Gasteiger partial charge in [0.1, 0.15) is 5.78 Å². The average molecular weight is 424 g/mol. The van der Waals surface area contributed by atoms with E-state index in [2.05, 4.69) is 20.0 Å². The Morgan fingerprint density at radius 1 is 1.00 bits per heavy atom. The molecule has 0 bridgehead atoms. The van der Waals surface area contributed by atoms with E-state index in [9.17, 15) is 14.9 Å². The topological polar surface area (TPSA) is 87.2 Å². The monoisotopic (exact) mass is 423 g/mol. The van der Waals surface area contributed by atoms with Gasteiger partial charge in [-0.05, 0) is 70.4 Å². The van der Waals surface area contributed by atoms with E-state index in [0.29, 0.717) is 5.56 Å². The number of benzene rings is 2. The second kappa shape index (κ2) is 14.1. The van der Waals surface area contributed by atoms with Crippen LogP contribution in [0, 0.1) is 39.1 Å². The quantitative estimate of drug-likeness (QED) is 0.515. The third kappa shape index (κ3) is 9.59. The summed E-state index contributed by atoms with van der Waals surface area (Å²) in [7, 11) is 0. The maximum absolute atomic E-state index is 12.8. The van der Waals surface area contributed by atoms with Gasteiger partial charge < -0.3 is 5.73 Å². The van der Waals surface area contributed by atoms with E-state index in [-0.39, 0.29) is 24.3 Å². The zero-order chi connectivity index (χ0) is 24.1. The van der Waals surface area contributed by atoms with Crippen molar-refractivity contribution in [1.29, 1.82) is 5.26 Å². The summed E-state index contributed by atoms with van der Waals surface area (Å²) in [5, 5.41) is 9.51. The zero-order valence-corrected chi connectivity index (χ0v) is 20.2. The van der Waals surface area contributed by atoms with Crippen LogP contribution in [0.25, 0.3) is 0 Å². The van der Waals surface area contributed by atoms with Crippen LogP contribution < -0.4 is 5.73 Å². The van der Waals surface area contributed by atoms with Gasteiger partial charge in [0.05, 0.1) is 12.6 Å². The molecule has 0 saturated carbocycles. The number of hydrogen-bond donors (Lipinski definition) is 1. The van der Waals surface area contributed by atoms with Gasteiger partial charge in [0, 0.05) is 5.56 Å². The SMILES string of the molecule is CC(=O)CN.CCC.Cc1cc(C)cc(C(=O)N(C#N)C(C)c2ccc(C)c(C)c2)c1. The molecule has 168 valence electrons. The molecule has 2 aromatic carbocycles. The number of carbonyl (C=O) groups excluding carboxylic acids is 2. The first kappa shape index (κ1) is 28.0. The molecule has 1 amide bonds. The number of Topliss-reactive ketones (excluding diaryl/α,β-unsaturated/α-hetero) is 1. The van der Waals surface area contributed by atoms with Crippen LogP contribution >= 0.6 is 0 Å². The number of aryl methyl sites for hydroxylation is 4. The molecular weight excluding hydrogens is 386 g/mol. The van der Waals surface area contributed by atoms with Crippen molar-refractivity contribution in [3.8, 4) is 6.19 Å². The van der Waals surface area contributed by atoms with Gasteiger partial charge in [-0.2, -0.15) is 5.26 Å². The summed E-state index contributed by atoms with van der Waals surface area (Å²) in [6.45, 7) is 15.7. The molecule has 0 heterocycles. The highest BCUT2D eigenvalue weighted by molar-refractivity contribution is 5.95. The van der Waals surface area contributed by atoms with Gasteiger partial charge in [-0.25, -0.2) is 4.90 Å². The Morgan fingerprint density at radius 2 is 1.48 bits per heavy atom. The minimum Gasteiger partial charge on any atom is -0.324 e.